The van der Waals surface area contributed by atoms with Crippen LogP contribution in [0.4, 0.5) is 0 Å². The number of hydrogen-bond acceptors (Lipinski definition) is 4. The van der Waals surface area contributed by atoms with Gasteiger partial charge in [0, 0.05) is 25.3 Å². The summed E-state index contributed by atoms with van der Waals surface area (Å²) in [6.07, 6.45) is 4.01. The van der Waals surface area contributed by atoms with E-state index in [0.717, 1.165) is 38.4 Å². The second-order valence-electron chi connectivity index (χ2n) is 4.02. The molecule has 2 heterocycles. The highest BCUT2D eigenvalue weighted by Crippen LogP contribution is 2.16. The lowest BCUT2D eigenvalue weighted by Gasteiger charge is -2.22. The predicted octanol–water partition coefficient (Wildman–Crippen LogP) is 1.69. The first kappa shape index (κ1) is 11.6. The Balaban J connectivity index is 1.81. The topological polar surface area (TPSA) is 43.6 Å². The largest absolute Gasteiger partial charge is 0.467 e. The summed E-state index contributed by atoms with van der Waals surface area (Å²) in [5.41, 5.74) is 1.18. The molecule has 90 valence electrons. The second-order valence-corrected chi connectivity index (χ2v) is 4.02. The molecule has 0 atom stereocenters. The first-order valence-corrected chi connectivity index (χ1v) is 5.79. The Morgan fingerprint density at radius 2 is 2.25 bits per heavy atom. The van der Waals surface area contributed by atoms with E-state index >= 15 is 0 Å². The van der Waals surface area contributed by atoms with E-state index in [9.17, 15) is 0 Å². The fourth-order valence-electron chi connectivity index (χ4n) is 1.88. The third-order valence-electron chi connectivity index (χ3n) is 2.82. The number of furan rings is 1. The van der Waals surface area contributed by atoms with Gasteiger partial charge >= 0.3 is 0 Å². The van der Waals surface area contributed by atoms with Crippen LogP contribution < -0.4 is 5.32 Å². The summed E-state index contributed by atoms with van der Waals surface area (Å²) in [6.45, 7) is 3.01. The smallest absolute Gasteiger partial charge is 0.133 e. The molecule has 1 aromatic rings. The quantitative estimate of drug-likeness (QED) is 0.828. The molecule has 1 N–H and O–H groups in total. The lowest BCUT2D eigenvalue weighted by atomic mass is 10.1. The molecule has 0 radical (unpaired) electrons. The molecule has 1 aromatic heterocycles. The van der Waals surface area contributed by atoms with Gasteiger partial charge in [-0.05, 0) is 26.0 Å². The van der Waals surface area contributed by atoms with E-state index in [1.54, 1.807) is 6.26 Å². The minimum Gasteiger partial charge on any atom is -0.467 e. The Hall–Kier alpha value is -0.840. The number of hydrogen-bond donors (Lipinski definition) is 1. The molecule has 16 heavy (non-hydrogen) atoms. The average molecular weight is 225 g/mol. The highest BCUT2D eigenvalue weighted by molar-refractivity contribution is 5.15. The lowest BCUT2D eigenvalue weighted by Crippen LogP contribution is -2.23. The van der Waals surface area contributed by atoms with Crippen LogP contribution in [0, 0.1) is 0 Å². The molecule has 1 fully saturated rings. The zero-order valence-corrected chi connectivity index (χ0v) is 9.70. The third-order valence-corrected chi connectivity index (χ3v) is 2.82. The molecule has 0 bridgehead atoms. The van der Waals surface area contributed by atoms with Crippen LogP contribution in [0.15, 0.2) is 16.7 Å². The molecule has 0 aliphatic carbocycles. The van der Waals surface area contributed by atoms with Gasteiger partial charge in [-0.3, -0.25) is 0 Å². The van der Waals surface area contributed by atoms with Gasteiger partial charge in [-0.15, -0.1) is 0 Å². The molecular weight excluding hydrogens is 206 g/mol. The highest BCUT2D eigenvalue weighted by Gasteiger charge is 2.15. The minimum absolute atomic E-state index is 0.321. The van der Waals surface area contributed by atoms with Crippen molar-refractivity contribution in [1.29, 1.82) is 0 Å². The SMILES string of the molecule is CNCc1ccoc1COC1CCOCC1. The Kier molecular flexibility index (Phi) is 4.39. The van der Waals surface area contributed by atoms with E-state index in [4.69, 9.17) is 13.9 Å². The van der Waals surface area contributed by atoms with Crippen molar-refractivity contribution in [3.63, 3.8) is 0 Å². The van der Waals surface area contributed by atoms with E-state index in [2.05, 4.69) is 5.32 Å². The molecule has 0 amide bonds. The maximum Gasteiger partial charge on any atom is 0.133 e. The molecule has 1 aliphatic rings. The van der Waals surface area contributed by atoms with E-state index in [0.29, 0.717) is 12.7 Å². The van der Waals surface area contributed by atoms with E-state index in [1.807, 2.05) is 13.1 Å². The molecule has 1 aliphatic heterocycles. The van der Waals surface area contributed by atoms with Gasteiger partial charge in [-0.25, -0.2) is 0 Å². The first-order valence-electron chi connectivity index (χ1n) is 5.79. The zero-order chi connectivity index (χ0) is 11.2. The van der Waals surface area contributed by atoms with Crippen LogP contribution in [0.25, 0.3) is 0 Å². The molecule has 0 spiro atoms. The molecule has 1 saturated heterocycles. The monoisotopic (exact) mass is 225 g/mol. The van der Waals surface area contributed by atoms with Crippen LogP contribution in [-0.2, 0) is 22.6 Å². The van der Waals surface area contributed by atoms with Crippen molar-refractivity contribution in [2.45, 2.75) is 32.1 Å². The van der Waals surface area contributed by atoms with Crippen molar-refractivity contribution < 1.29 is 13.9 Å². The fraction of sp³-hybridized carbons (Fsp3) is 0.667. The van der Waals surface area contributed by atoms with Crippen LogP contribution in [-0.4, -0.2) is 26.4 Å². The summed E-state index contributed by atoms with van der Waals surface area (Å²) in [6, 6.07) is 1.99. The maximum atomic E-state index is 5.81. The van der Waals surface area contributed by atoms with Gasteiger partial charge in [0.1, 0.15) is 12.4 Å². The summed E-state index contributed by atoms with van der Waals surface area (Å²) >= 11 is 0. The molecule has 4 heteroatoms. The van der Waals surface area contributed by atoms with Gasteiger partial charge in [0.05, 0.1) is 12.4 Å². The predicted molar refractivity (Wildman–Crippen MR) is 60.1 cm³/mol. The summed E-state index contributed by atoms with van der Waals surface area (Å²) < 4.78 is 16.5. The Morgan fingerprint density at radius 1 is 1.44 bits per heavy atom. The van der Waals surface area contributed by atoms with E-state index < -0.39 is 0 Å². The Labute approximate surface area is 95.9 Å². The molecule has 4 nitrogen and oxygen atoms in total. The van der Waals surface area contributed by atoms with Crippen LogP contribution in [0.5, 0.6) is 0 Å². The van der Waals surface area contributed by atoms with Crippen LogP contribution in [0.1, 0.15) is 24.2 Å². The van der Waals surface area contributed by atoms with Crippen molar-refractivity contribution in [2.24, 2.45) is 0 Å². The van der Waals surface area contributed by atoms with E-state index in [1.165, 1.54) is 5.56 Å². The summed E-state index contributed by atoms with van der Waals surface area (Å²) in [5, 5.41) is 3.11. The number of ether oxygens (including phenoxy) is 2. The number of nitrogens with one attached hydrogen (secondary N) is 1. The minimum atomic E-state index is 0.321. The van der Waals surface area contributed by atoms with Gasteiger partial charge in [-0.1, -0.05) is 0 Å². The standard InChI is InChI=1S/C12H19NO3/c1-13-8-10-2-7-15-12(10)9-16-11-3-5-14-6-4-11/h2,7,11,13H,3-6,8-9H2,1H3. The lowest BCUT2D eigenvalue weighted by molar-refractivity contribution is -0.0436. The average Bonchev–Trinajstić information content (AvgIpc) is 2.76. The van der Waals surface area contributed by atoms with Gasteiger partial charge in [0.15, 0.2) is 0 Å². The Morgan fingerprint density at radius 3 is 3.00 bits per heavy atom. The Bertz CT molecular complexity index is 305. The third kappa shape index (κ3) is 3.07. The number of rotatable bonds is 5. The summed E-state index contributed by atoms with van der Waals surface area (Å²) in [4.78, 5) is 0. The van der Waals surface area contributed by atoms with Gasteiger partial charge in [0.2, 0.25) is 0 Å². The van der Waals surface area contributed by atoms with Gasteiger partial charge in [-0.2, -0.15) is 0 Å². The molecule has 2 rings (SSSR count). The van der Waals surface area contributed by atoms with E-state index in [-0.39, 0.29) is 0 Å². The van der Waals surface area contributed by atoms with Crippen LogP contribution in [0.2, 0.25) is 0 Å². The highest BCUT2D eigenvalue weighted by atomic mass is 16.5. The normalized spacial score (nSPS) is 17.8. The first-order chi connectivity index (χ1) is 7.90. The zero-order valence-electron chi connectivity index (χ0n) is 9.70. The van der Waals surface area contributed by atoms with Crippen molar-refractivity contribution in [3.8, 4) is 0 Å². The van der Waals surface area contributed by atoms with Crippen molar-refractivity contribution >= 4 is 0 Å². The second kappa shape index (κ2) is 6.03. The van der Waals surface area contributed by atoms with Crippen molar-refractivity contribution in [1.82, 2.24) is 5.32 Å². The van der Waals surface area contributed by atoms with Gasteiger partial charge < -0.3 is 19.2 Å². The molecule has 0 unspecified atom stereocenters. The van der Waals surface area contributed by atoms with Crippen molar-refractivity contribution in [3.05, 3.63) is 23.7 Å². The fourth-order valence-corrected chi connectivity index (χ4v) is 1.88. The van der Waals surface area contributed by atoms with Crippen molar-refractivity contribution in [2.75, 3.05) is 20.3 Å². The van der Waals surface area contributed by atoms with Crippen LogP contribution >= 0.6 is 0 Å². The maximum absolute atomic E-state index is 5.81. The summed E-state index contributed by atoms with van der Waals surface area (Å²) in [7, 11) is 1.93. The van der Waals surface area contributed by atoms with Crippen LogP contribution in [0.3, 0.4) is 0 Å². The molecule has 0 aromatic carbocycles. The molecule has 0 saturated carbocycles. The molecular formula is C12H19NO3. The summed E-state index contributed by atoms with van der Waals surface area (Å²) in [5.74, 6) is 0.931. The van der Waals surface area contributed by atoms with Gasteiger partial charge in [0.25, 0.3) is 0 Å².